The van der Waals surface area contributed by atoms with E-state index in [2.05, 4.69) is 5.32 Å². The number of rotatable bonds is 3. The summed E-state index contributed by atoms with van der Waals surface area (Å²) in [6.45, 7) is -0.499. The Hall–Kier alpha value is -1.55. The van der Waals surface area contributed by atoms with Crippen molar-refractivity contribution in [3.8, 4) is 0 Å². The number of carbonyl (C=O) groups excluding carboxylic acids is 2. The van der Waals surface area contributed by atoms with E-state index in [-0.39, 0.29) is 0 Å². The van der Waals surface area contributed by atoms with Crippen LogP contribution >= 0.6 is 11.6 Å². The molecule has 0 aliphatic rings. The van der Waals surface area contributed by atoms with Gasteiger partial charge in [-0.25, -0.2) is 0 Å². The molecule has 0 radical (unpaired) electrons. The van der Waals surface area contributed by atoms with Crippen LogP contribution in [-0.4, -0.2) is 18.4 Å². The van der Waals surface area contributed by atoms with Crippen LogP contribution in [0.4, 0.5) is 0 Å². The molecule has 0 saturated heterocycles. The largest absolute Gasteiger partial charge is 0.548 e. The Labute approximate surface area is 85.5 Å². The molecule has 0 saturated carbocycles. The van der Waals surface area contributed by atoms with Crippen molar-refractivity contribution in [1.29, 1.82) is 0 Å². The van der Waals surface area contributed by atoms with Gasteiger partial charge in [0.2, 0.25) is 0 Å². The summed E-state index contributed by atoms with van der Waals surface area (Å²) in [6.07, 6.45) is 0. The van der Waals surface area contributed by atoms with Crippen molar-refractivity contribution in [2.45, 2.75) is 0 Å². The van der Waals surface area contributed by atoms with Crippen molar-refractivity contribution >= 4 is 23.5 Å². The molecule has 74 valence electrons. The van der Waals surface area contributed by atoms with Gasteiger partial charge in [-0.15, -0.1) is 0 Å². The molecule has 1 amide bonds. The monoisotopic (exact) mass is 212 g/mol. The van der Waals surface area contributed by atoms with Crippen LogP contribution in [-0.2, 0) is 4.79 Å². The highest BCUT2D eigenvalue weighted by Crippen LogP contribution is 2.08. The molecule has 0 unspecified atom stereocenters. The van der Waals surface area contributed by atoms with Gasteiger partial charge in [-0.1, -0.05) is 11.6 Å². The van der Waals surface area contributed by atoms with E-state index in [1.807, 2.05) is 0 Å². The lowest BCUT2D eigenvalue weighted by Gasteiger charge is -2.05. The van der Waals surface area contributed by atoms with Gasteiger partial charge >= 0.3 is 0 Å². The van der Waals surface area contributed by atoms with Gasteiger partial charge in [0.15, 0.2) is 0 Å². The molecule has 0 aliphatic heterocycles. The van der Waals surface area contributed by atoms with Crippen molar-refractivity contribution in [1.82, 2.24) is 5.32 Å². The van der Waals surface area contributed by atoms with Gasteiger partial charge in [-0.3, -0.25) is 4.79 Å². The predicted molar refractivity (Wildman–Crippen MR) is 48.8 cm³/mol. The van der Waals surface area contributed by atoms with Gasteiger partial charge in [0.25, 0.3) is 5.91 Å². The van der Waals surface area contributed by atoms with E-state index < -0.39 is 18.4 Å². The number of aliphatic carboxylic acids is 1. The van der Waals surface area contributed by atoms with Crippen LogP contribution in [0.2, 0.25) is 5.02 Å². The highest BCUT2D eigenvalue weighted by molar-refractivity contribution is 6.30. The second-order valence-electron chi connectivity index (χ2n) is 2.56. The quantitative estimate of drug-likeness (QED) is 0.756. The minimum absolute atomic E-state index is 0.357. The molecule has 0 bridgehead atoms. The molecule has 1 rings (SSSR count). The van der Waals surface area contributed by atoms with Crippen molar-refractivity contribution in [2.75, 3.05) is 6.54 Å². The average Bonchev–Trinajstić information content (AvgIpc) is 2.15. The predicted octanol–water partition coefficient (Wildman–Crippen LogP) is -0.180. The Balaban J connectivity index is 2.61. The standard InChI is InChI=1S/C9H8ClNO3/c10-7-3-1-6(2-4-7)9(14)11-5-8(12)13/h1-4H,5H2,(H,11,14)(H,12,13)/p-1. The number of halogens is 1. The third-order valence-corrected chi connectivity index (χ3v) is 1.75. The zero-order chi connectivity index (χ0) is 10.6. The molecule has 4 nitrogen and oxygen atoms in total. The number of carbonyl (C=O) groups is 2. The number of amides is 1. The van der Waals surface area contributed by atoms with E-state index in [9.17, 15) is 14.7 Å². The molecule has 0 spiro atoms. The molecule has 0 aliphatic carbocycles. The Kier molecular flexibility index (Phi) is 3.48. The number of hydrogen-bond acceptors (Lipinski definition) is 3. The van der Waals surface area contributed by atoms with E-state index in [1.54, 1.807) is 12.1 Å². The first kappa shape index (κ1) is 10.5. The van der Waals surface area contributed by atoms with Crippen molar-refractivity contribution in [3.05, 3.63) is 34.9 Å². The van der Waals surface area contributed by atoms with Crippen LogP contribution in [0, 0.1) is 0 Å². The summed E-state index contributed by atoms with van der Waals surface area (Å²) < 4.78 is 0. The van der Waals surface area contributed by atoms with Gasteiger partial charge in [-0.05, 0) is 24.3 Å². The Morgan fingerprint density at radius 3 is 2.36 bits per heavy atom. The minimum atomic E-state index is -1.33. The fraction of sp³-hybridized carbons (Fsp3) is 0.111. The first-order valence-electron chi connectivity index (χ1n) is 3.83. The number of benzene rings is 1. The molecular formula is C9H7ClNO3-. The zero-order valence-corrected chi connectivity index (χ0v) is 7.88. The Morgan fingerprint density at radius 1 is 1.29 bits per heavy atom. The van der Waals surface area contributed by atoms with Crippen LogP contribution in [0.1, 0.15) is 10.4 Å². The lowest BCUT2D eigenvalue weighted by Crippen LogP contribution is -2.37. The molecule has 1 aromatic rings. The fourth-order valence-corrected chi connectivity index (χ4v) is 0.982. The normalized spacial score (nSPS) is 9.50. The number of hydrogen-bond donors (Lipinski definition) is 1. The lowest BCUT2D eigenvalue weighted by molar-refractivity contribution is -0.303. The number of nitrogens with one attached hydrogen (secondary N) is 1. The van der Waals surface area contributed by atoms with Crippen molar-refractivity contribution in [2.24, 2.45) is 0 Å². The molecule has 5 heteroatoms. The van der Waals surface area contributed by atoms with Gasteiger partial charge in [0, 0.05) is 10.6 Å². The summed E-state index contributed by atoms with van der Waals surface area (Å²) in [6, 6.07) is 6.12. The summed E-state index contributed by atoms with van der Waals surface area (Å²) in [5.74, 6) is -1.79. The average molecular weight is 213 g/mol. The Morgan fingerprint density at radius 2 is 1.86 bits per heavy atom. The minimum Gasteiger partial charge on any atom is -0.548 e. The van der Waals surface area contributed by atoms with Crippen LogP contribution in [0.25, 0.3) is 0 Å². The van der Waals surface area contributed by atoms with Gasteiger partial charge < -0.3 is 15.2 Å². The van der Waals surface area contributed by atoms with Gasteiger partial charge in [-0.2, -0.15) is 0 Å². The molecule has 1 aromatic carbocycles. The van der Waals surface area contributed by atoms with Gasteiger partial charge in [0.1, 0.15) is 0 Å². The van der Waals surface area contributed by atoms with E-state index in [0.717, 1.165) is 0 Å². The molecular weight excluding hydrogens is 206 g/mol. The summed E-state index contributed by atoms with van der Waals surface area (Å²) in [5.41, 5.74) is 0.357. The molecule has 1 N–H and O–H groups in total. The number of carboxylic acids is 1. The molecule has 0 atom stereocenters. The number of carboxylic acid groups (broad SMARTS) is 1. The highest BCUT2D eigenvalue weighted by Gasteiger charge is 2.03. The maximum absolute atomic E-state index is 11.2. The van der Waals surface area contributed by atoms with Crippen molar-refractivity contribution in [3.63, 3.8) is 0 Å². The first-order valence-corrected chi connectivity index (χ1v) is 4.21. The lowest BCUT2D eigenvalue weighted by atomic mass is 10.2. The summed E-state index contributed by atoms with van der Waals surface area (Å²) >= 11 is 5.61. The molecule has 14 heavy (non-hydrogen) atoms. The third kappa shape index (κ3) is 3.06. The summed E-state index contributed by atoms with van der Waals surface area (Å²) in [5, 5.41) is 12.7. The summed E-state index contributed by atoms with van der Waals surface area (Å²) in [7, 11) is 0. The highest BCUT2D eigenvalue weighted by atomic mass is 35.5. The Bertz CT molecular complexity index is 348. The third-order valence-electron chi connectivity index (χ3n) is 1.50. The maximum atomic E-state index is 11.2. The van der Waals surface area contributed by atoms with Crippen LogP contribution < -0.4 is 10.4 Å². The second kappa shape index (κ2) is 4.62. The van der Waals surface area contributed by atoms with Crippen LogP contribution in [0.3, 0.4) is 0 Å². The van der Waals surface area contributed by atoms with Crippen molar-refractivity contribution < 1.29 is 14.7 Å². The summed E-state index contributed by atoms with van der Waals surface area (Å²) in [4.78, 5) is 21.3. The van der Waals surface area contributed by atoms with Gasteiger partial charge in [0.05, 0.1) is 12.5 Å². The van der Waals surface area contributed by atoms with E-state index >= 15 is 0 Å². The SMILES string of the molecule is O=C([O-])CNC(=O)c1ccc(Cl)cc1. The zero-order valence-electron chi connectivity index (χ0n) is 7.12. The topological polar surface area (TPSA) is 69.2 Å². The van der Waals surface area contributed by atoms with E-state index in [4.69, 9.17) is 11.6 Å². The molecule has 0 heterocycles. The van der Waals surface area contributed by atoms with E-state index in [1.165, 1.54) is 12.1 Å². The molecule has 0 fully saturated rings. The van der Waals surface area contributed by atoms with Crippen LogP contribution in [0.5, 0.6) is 0 Å². The smallest absolute Gasteiger partial charge is 0.251 e. The van der Waals surface area contributed by atoms with Crippen LogP contribution in [0.15, 0.2) is 24.3 Å². The second-order valence-corrected chi connectivity index (χ2v) is 3.00. The first-order chi connectivity index (χ1) is 6.59. The maximum Gasteiger partial charge on any atom is 0.251 e. The molecule has 0 aromatic heterocycles. The fourth-order valence-electron chi connectivity index (χ4n) is 0.856. The van der Waals surface area contributed by atoms with E-state index in [0.29, 0.717) is 10.6 Å².